The van der Waals surface area contributed by atoms with Crippen LogP contribution in [0, 0.1) is 6.92 Å². The molecule has 36 heavy (non-hydrogen) atoms. The van der Waals surface area contributed by atoms with E-state index in [1.807, 2.05) is 27.1 Å². The molecule has 2 aromatic rings. The van der Waals surface area contributed by atoms with Crippen LogP contribution in [-0.4, -0.2) is 64.3 Å². The van der Waals surface area contributed by atoms with Crippen LogP contribution in [0.15, 0.2) is 46.3 Å². The topological polar surface area (TPSA) is 81.4 Å². The summed E-state index contributed by atoms with van der Waals surface area (Å²) >= 11 is 0. The molecular weight excluding hydrogens is 477 g/mol. The van der Waals surface area contributed by atoms with Crippen molar-refractivity contribution in [2.75, 3.05) is 20.6 Å². The zero-order valence-corrected chi connectivity index (χ0v) is 22.6. The van der Waals surface area contributed by atoms with E-state index in [1.165, 1.54) is 5.56 Å². The lowest BCUT2D eigenvalue weighted by molar-refractivity contribution is -0.0198. The fraction of sp³-hybridized carbons (Fsp3) is 0.577. The third-order valence-corrected chi connectivity index (χ3v) is 9.21. The predicted molar refractivity (Wildman–Crippen MR) is 140 cm³/mol. The molecule has 0 N–H and O–H groups in total. The van der Waals surface area contributed by atoms with Crippen LogP contribution in [0.25, 0.3) is 0 Å². The molecule has 0 bridgehead atoms. The molecule has 4 heterocycles. The SMILES string of the molecule is CC[C@H]1O[C@@H](n2cc(C)c(N=CN(C)C)nc2=O)C[C@H]1O[P@]1O[C@@](C)(c2ccccc2)[C@H]2CCCN21. The summed E-state index contributed by atoms with van der Waals surface area (Å²) in [5.74, 6) is 0.422. The number of aryl methyl sites for hydroxylation is 1. The van der Waals surface area contributed by atoms with E-state index in [1.54, 1.807) is 22.0 Å². The van der Waals surface area contributed by atoms with Crippen molar-refractivity contribution in [3.8, 4) is 0 Å². The number of aliphatic imine (C=N–C) groups is 1. The minimum atomic E-state index is -1.23. The van der Waals surface area contributed by atoms with Crippen LogP contribution in [-0.2, 0) is 19.4 Å². The van der Waals surface area contributed by atoms with Gasteiger partial charge in [0.15, 0.2) is 5.82 Å². The van der Waals surface area contributed by atoms with E-state index in [2.05, 4.69) is 52.8 Å². The van der Waals surface area contributed by atoms with Crippen molar-refractivity contribution in [2.45, 2.75) is 76.5 Å². The lowest BCUT2D eigenvalue weighted by Gasteiger charge is -2.29. The Hall–Kier alpha value is -2.16. The van der Waals surface area contributed by atoms with Gasteiger partial charge >= 0.3 is 5.69 Å². The maximum atomic E-state index is 12.9. The number of ether oxygens (including phenoxy) is 1. The van der Waals surface area contributed by atoms with Crippen LogP contribution in [0.1, 0.15) is 56.9 Å². The first-order valence-corrected chi connectivity index (χ1v) is 13.9. The van der Waals surface area contributed by atoms with Gasteiger partial charge in [0.05, 0.1) is 24.6 Å². The average molecular weight is 514 g/mol. The molecule has 0 spiro atoms. The van der Waals surface area contributed by atoms with Crippen LogP contribution in [0.3, 0.4) is 0 Å². The van der Waals surface area contributed by atoms with Crippen molar-refractivity contribution in [3.63, 3.8) is 0 Å². The first-order chi connectivity index (χ1) is 17.3. The fourth-order valence-electron chi connectivity index (χ4n) is 5.40. The van der Waals surface area contributed by atoms with Crippen LogP contribution >= 0.6 is 8.53 Å². The largest absolute Gasteiger partial charge is 0.369 e. The molecule has 3 saturated heterocycles. The molecule has 0 amide bonds. The van der Waals surface area contributed by atoms with Gasteiger partial charge in [-0.25, -0.2) is 14.5 Å². The molecule has 0 unspecified atom stereocenters. The first kappa shape index (κ1) is 25.5. The summed E-state index contributed by atoms with van der Waals surface area (Å²) in [6.07, 6.45) is 6.31. The lowest BCUT2D eigenvalue weighted by atomic mass is 9.87. The third kappa shape index (κ3) is 4.75. The number of hydrogen-bond donors (Lipinski definition) is 0. The zero-order chi connectivity index (χ0) is 25.4. The van der Waals surface area contributed by atoms with Crippen molar-refractivity contribution in [1.29, 1.82) is 0 Å². The molecule has 0 saturated carbocycles. The normalized spacial score (nSPS) is 32.4. The Morgan fingerprint density at radius 3 is 2.83 bits per heavy atom. The number of benzene rings is 1. The summed E-state index contributed by atoms with van der Waals surface area (Å²) in [6, 6.07) is 10.8. The van der Waals surface area contributed by atoms with Crippen LogP contribution < -0.4 is 5.69 Å². The highest BCUT2D eigenvalue weighted by Gasteiger charge is 2.56. The van der Waals surface area contributed by atoms with E-state index in [0.29, 0.717) is 18.3 Å². The second-order valence-corrected chi connectivity index (χ2v) is 11.6. The second-order valence-electron chi connectivity index (χ2n) is 10.2. The molecule has 10 heteroatoms. The van der Waals surface area contributed by atoms with E-state index >= 15 is 0 Å². The van der Waals surface area contributed by atoms with Gasteiger partial charge in [0.1, 0.15) is 11.8 Å². The van der Waals surface area contributed by atoms with Gasteiger partial charge in [-0.3, -0.25) is 4.57 Å². The molecule has 6 atom stereocenters. The molecule has 9 nitrogen and oxygen atoms in total. The van der Waals surface area contributed by atoms with E-state index in [-0.39, 0.29) is 17.9 Å². The quantitative estimate of drug-likeness (QED) is 0.307. The maximum Gasteiger partial charge on any atom is 0.351 e. The summed E-state index contributed by atoms with van der Waals surface area (Å²) in [5, 5.41) is 0. The van der Waals surface area contributed by atoms with E-state index < -0.39 is 20.4 Å². The molecule has 1 aromatic carbocycles. The van der Waals surface area contributed by atoms with Gasteiger partial charge in [-0.1, -0.05) is 37.3 Å². The van der Waals surface area contributed by atoms with Crippen molar-refractivity contribution in [2.24, 2.45) is 4.99 Å². The molecule has 1 aromatic heterocycles. The summed E-state index contributed by atoms with van der Waals surface area (Å²) in [7, 11) is 2.52. The van der Waals surface area contributed by atoms with E-state index in [4.69, 9.17) is 13.8 Å². The minimum Gasteiger partial charge on any atom is -0.369 e. The van der Waals surface area contributed by atoms with Crippen molar-refractivity contribution >= 4 is 20.7 Å². The van der Waals surface area contributed by atoms with Gasteiger partial charge in [0.2, 0.25) is 0 Å². The molecule has 194 valence electrons. The molecule has 0 aliphatic carbocycles. The Balaban J connectivity index is 1.34. The van der Waals surface area contributed by atoms with Gasteiger partial charge in [-0.05, 0) is 38.7 Å². The zero-order valence-electron chi connectivity index (χ0n) is 21.7. The molecule has 3 aliphatic heterocycles. The predicted octanol–water partition coefficient (Wildman–Crippen LogP) is 4.49. The minimum absolute atomic E-state index is 0.121. The highest BCUT2D eigenvalue weighted by atomic mass is 31.2. The fourth-order valence-corrected chi connectivity index (χ4v) is 7.55. The maximum absolute atomic E-state index is 12.9. The summed E-state index contributed by atoms with van der Waals surface area (Å²) in [4.78, 5) is 23.2. The van der Waals surface area contributed by atoms with Gasteiger partial charge in [0.25, 0.3) is 8.53 Å². The number of hydrogen-bond acceptors (Lipinski definition) is 7. The Kier molecular flexibility index (Phi) is 7.30. The Morgan fingerprint density at radius 2 is 2.11 bits per heavy atom. The highest BCUT2D eigenvalue weighted by Crippen LogP contribution is 2.64. The monoisotopic (exact) mass is 513 g/mol. The average Bonchev–Trinajstić information content (AvgIpc) is 3.57. The number of rotatable bonds is 7. The van der Waals surface area contributed by atoms with Crippen molar-refractivity contribution < 1.29 is 13.8 Å². The summed E-state index contributed by atoms with van der Waals surface area (Å²) in [6.45, 7) is 7.16. The smallest absolute Gasteiger partial charge is 0.351 e. The van der Waals surface area contributed by atoms with Crippen LogP contribution in [0.2, 0.25) is 0 Å². The molecule has 3 aliphatic rings. The van der Waals surface area contributed by atoms with Gasteiger partial charge in [-0.15, -0.1) is 0 Å². The number of aromatic nitrogens is 2. The van der Waals surface area contributed by atoms with Crippen LogP contribution in [0.5, 0.6) is 0 Å². The first-order valence-electron chi connectivity index (χ1n) is 12.7. The van der Waals surface area contributed by atoms with Crippen LogP contribution in [0.4, 0.5) is 5.82 Å². The van der Waals surface area contributed by atoms with E-state index in [0.717, 1.165) is 31.4 Å². The molecule has 0 radical (unpaired) electrons. The van der Waals surface area contributed by atoms with E-state index in [9.17, 15) is 4.79 Å². The summed E-state index contributed by atoms with van der Waals surface area (Å²) < 4.78 is 23.7. The Labute approximate surface area is 214 Å². The van der Waals surface area contributed by atoms with Crippen molar-refractivity contribution in [1.82, 2.24) is 19.1 Å². The van der Waals surface area contributed by atoms with Gasteiger partial charge < -0.3 is 18.7 Å². The lowest BCUT2D eigenvalue weighted by Crippen LogP contribution is -2.36. The second kappa shape index (κ2) is 10.3. The molecular formula is C26H36N5O4P. The standard InChI is InChI=1S/C26H36N5O4P/c1-6-20-21(15-23(33-20)30-16-18(2)24(28-25(30)32)27-17-29(4)5)34-36-31-14-10-13-22(31)26(3,35-36)19-11-8-7-9-12-19/h7-9,11-12,16-17,20-23H,6,10,13-15H2,1-5H3/t20-,21-,22-,23-,26+,36-/m1/s1. The Morgan fingerprint density at radius 1 is 1.33 bits per heavy atom. The highest BCUT2D eigenvalue weighted by molar-refractivity contribution is 7.45. The third-order valence-electron chi connectivity index (χ3n) is 7.32. The molecule has 5 rings (SSSR count). The molecule has 3 fully saturated rings. The summed E-state index contributed by atoms with van der Waals surface area (Å²) in [5.41, 5.74) is 1.24. The van der Waals surface area contributed by atoms with Gasteiger partial charge in [0, 0.05) is 38.8 Å². The van der Waals surface area contributed by atoms with Gasteiger partial charge in [-0.2, -0.15) is 4.98 Å². The number of fused-ring (bicyclic) bond motifs is 1. The number of nitrogens with zero attached hydrogens (tertiary/aromatic N) is 5. The Bertz CT molecular complexity index is 1160. The van der Waals surface area contributed by atoms with Crippen molar-refractivity contribution in [3.05, 3.63) is 58.1 Å².